The Morgan fingerprint density at radius 2 is 2.20 bits per heavy atom. The molecule has 1 saturated heterocycles. The third-order valence-electron chi connectivity index (χ3n) is 5.13. The number of pyridine rings is 1. The second kappa shape index (κ2) is 11.2. The van der Waals surface area contributed by atoms with E-state index in [1.807, 2.05) is 25.1 Å². The fraction of sp³-hybridized carbons (Fsp3) is 0.455. The minimum Gasteiger partial charge on any atom is -0.376 e. The average Bonchev–Trinajstić information content (AvgIpc) is 2.75. The summed E-state index contributed by atoms with van der Waals surface area (Å²) in [5, 5.41) is 7.06. The van der Waals surface area contributed by atoms with Crippen molar-refractivity contribution in [3.05, 3.63) is 64.7 Å². The van der Waals surface area contributed by atoms with Crippen LogP contribution in [0.5, 0.6) is 0 Å². The number of hydrogen-bond acceptors (Lipinski definition) is 4. The molecule has 1 aliphatic heterocycles. The molecule has 1 aromatic heterocycles. The van der Waals surface area contributed by atoms with Crippen LogP contribution in [-0.2, 0) is 11.2 Å². The molecule has 1 fully saturated rings. The van der Waals surface area contributed by atoms with Crippen molar-refractivity contribution in [1.82, 2.24) is 20.5 Å². The van der Waals surface area contributed by atoms with Gasteiger partial charge in [0.1, 0.15) is 5.82 Å². The molecule has 8 heteroatoms. The standard InChI is InChI=1S/C22H29ClFN5O/c1-16-15-29(12-13-30-16)20(21-18(23)7-5-8-19(21)24)14-28-22(25-2)27-11-9-17-6-3-4-10-26-17/h3-8,10,16,20H,9,11-15H2,1-2H3,(H2,25,27,28). The van der Waals surface area contributed by atoms with E-state index in [9.17, 15) is 4.39 Å². The molecule has 30 heavy (non-hydrogen) atoms. The third-order valence-corrected chi connectivity index (χ3v) is 5.46. The lowest BCUT2D eigenvalue weighted by molar-refractivity contribution is -0.0343. The number of benzene rings is 1. The highest BCUT2D eigenvalue weighted by molar-refractivity contribution is 6.31. The smallest absolute Gasteiger partial charge is 0.191 e. The van der Waals surface area contributed by atoms with Crippen LogP contribution in [0.2, 0.25) is 5.02 Å². The summed E-state index contributed by atoms with van der Waals surface area (Å²) in [6, 6.07) is 10.5. The maximum Gasteiger partial charge on any atom is 0.191 e. The highest BCUT2D eigenvalue weighted by Gasteiger charge is 2.29. The molecule has 0 bridgehead atoms. The Bertz CT molecular complexity index is 815. The Morgan fingerprint density at radius 1 is 1.33 bits per heavy atom. The van der Waals surface area contributed by atoms with E-state index in [4.69, 9.17) is 16.3 Å². The molecule has 2 heterocycles. The number of hydrogen-bond donors (Lipinski definition) is 2. The predicted octanol–water partition coefficient (Wildman–Crippen LogP) is 3.04. The van der Waals surface area contributed by atoms with E-state index in [1.54, 1.807) is 25.4 Å². The molecule has 2 aromatic rings. The van der Waals surface area contributed by atoms with Crippen LogP contribution in [-0.4, -0.2) is 61.8 Å². The first-order valence-corrected chi connectivity index (χ1v) is 10.6. The van der Waals surface area contributed by atoms with Crippen molar-refractivity contribution >= 4 is 17.6 Å². The van der Waals surface area contributed by atoms with Gasteiger partial charge in [-0.2, -0.15) is 0 Å². The number of aliphatic imine (C=N–C) groups is 1. The van der Waals surface area contributed by atoms with Crippen LogP contribution in [0.1, 0.15) is 24.2 Å². The molecular weight excluding hydrogens is 405 g/mol. The number of nitrogens with one attached hydrogen (secondary N) is 2. The van der Waals surface area contributed by atoms with Gasteiger partial charge in [-0.3, -0.25) is 14.9 Å². The molecule has 1 aromatic carbocycles. The van der Waals surface area contributed by atoms with Gasteiger partial charge >= 0.3 is 0 Å². The molecule has 0 saturated carbocycles. The van der Waals surface area contributed by atoms with Crippen molar-refractivity contribution in [3.8, 4) is 0 Å². The number of ether oxygens (including phenoxy) is 1. The van der Waals surface area contributed by atoms with Gasteiger partial charge in [0.05, 0.1) is 18.8 Å². The molecule has 0 amide bonds. The Labute approximate surface area is 182 Å². The molecule has 2 unspecified atom stereocenters. The normalized spacial score (nSPS) is 18.8. The highest BCUT2D eigenvalue weighted by Crippen LogP contribution is 2.31. The lowest BCUT2D eigenvalue weighted by Gasteiger charge is -2.38. The zero-order valence-electron chi connectivity index (χ0n) is 17.4. The van der Waals surface area contributed by atoms with E-state index >= 15 is 0 Å². The fourth-order valence-corrected chi connectivity index (χ4v) is 3.93. The second-order valence-corrected chi connectivity index (χ2v) is 7.69. The average molecular weight is 434 g/mol. The molecule has 2 atom stereocenters. The Kier molecular flexibility index (Phi) is 8.42. The first-order valence-electron chi connectivity index (χ1n) is 10.2. The van der Waals surface area contributed by atoms with E-state index in [1.165, 1.54) is 6.07 Å². The summed E-state index contributed by atoms with van der Waals surface area (Å²) >= 11 is 6.40. The lowest BCUT2D eigenvalue weighted by Crippen LogP contribution is -2.48. The number of morpholine rings is 1. The van der Waals surface area contributed by atoms with Crippen molar-refractivity contribution in [1.29, 1.82) is 0 Å². The summed E-state index contributed by atoms with van der Waals surface area (Å²) < 4.78 is 20.4. The molecular formula is C22H29ClFN5O. The summed E-state index contributed by atoms with van der Waals surface area (Å²) in [7, 11) is 1.72. The zero-order valence-corrected chi connectivity index (χ0v) is 18.2. The first-order chi connectivity index (χ1) is 14.6. The third kappa shape index (κ3) is 6.14. The summed E-state index contributed by atoms with van der Waals surface area (Å²) in [4.78, 5) is 10.8. The van der Waals surface area contributed by atoms with Crippen LogP contribution < -0.4 is 10.6 Å². The zero-order chi connectivity index (χ0) is 21.3. The van der Waals surface area contributed by atoms with E-state index in [2.05, 4.69) is 25.5 Å². The van der Waals surface area contributed by atoms with Crippen LogP contribution in [0.25, 0.3) is 0 Å². The number of nitrogens with zero attached hydrogens (tertiary/aromatic N) is 3. The first kappa shape index (κ1) is 22.5. The molecule has 3 rings (SSSR count). The second-order valence-electron chi connectivity index (χ2n) is 7.28. The van der Waals surface area contributed by atoms with E-state index in [-0.39, 0.29) is 18.0 Å². The van der Waals surface area contributed by atoms with Crippen molar-refractivity contribution in [2.24, 2.45) is 4.99 Å². The largest absolute Gasteiger partial charge is 0.376 e. The van der Waals surface area contributed by atoms with Crippen molar-refractivity contribution < 1.29 is 9.13 Å². The molecule has 0 aliphatic carbocycles. The quantitative estimate of drug-likeness (QED) is 0.519. The number of halogens is 2. The van der Waals surface area contributed by atoms with Gasteiger partial charge in [0.2, 0.25) is 0 Å². The van der Waals surface area contributed by atoms with Gasteiger partial charge in [-0.15, -0.1) is 0 Å². The van der Waals surface area contributed by atoms with E-state index in [0.29, 0.717) is 49.3 Å². The number of guanidine groups is 1. The molecule has 162 valence electrons. The van der Waals surface area contributed by atoms with Gasteiger partial charge in [0.25, 0.3) is 0 Å². The van der Waals surface area contributed by atoms with Crippen LogP contribution >= 0.6 is 11.6 Å². The monoisotopic (exact) mass is 433 g/mol. The molecule has 6 nitrogen and oxygen atoms in total. The van der Waals surface area contributed by atoms with Crippen LogP contribution in [0, 0.1) is 5.82 Å². The van der Waals surface area contributed by atoms with Gasteiger partial charge in [-0.05, 0) is 31.2 Å². The van der Waals surface area contributed by atoms with Gasteiger partial charge in [0, 0.05) is 62.1 Å². The summed E-state index contributed by atoms with van der Waals surface area (Å²) in [5.74, 6) is 0.358. The minimum absolute atomic E-state index is 0.0857. The maximum atomic E-state index is 14.7. The summed E-state index contributed by atoms with van der Waals surface area (Å²) in [5.41, 5.74) is 1.52. The van der Waals surface area contributed by atoms with Gasteiger partial charge in [-0.1, -0.05) is 23.7 Å². The summed E-state index contributed by atoms with van der Waals surface area (Å²) in [6.45, 7) is 5.22. The Morgan fingerprint density at radius 3 is 2.90 bits per heavy atom. The molecule has 1 aliphatic rings. The van der Waals surface area contributed by atoms with Crippen LogP contribution in [0.15, 0.2) is 47.6 Å². The topological polar surface area (TPSA) is 61.8 Å². The van der Waals surface area contributed by atoms with Crippen molar-refractivity contribution in [3.63, 3.8) is 0 Å². The Balaban J connectivity index is 1.66. The van der Waals surface area contributed by atoms with Gasteiger partial charge in [0.15, 0.2) is 5.96 Å². The predicted molar refractivity (Wildman–Crippen MR) is 118 cm³/mol. The minimum atomic E-state index is -0.299. The molecule has 0 radical (unpaired) electrons. The highest BCUT2D eigenvalue weighted by atomic mass is 35.5. The SMILES string of the molecule is CN=C(NCCc1ccccn1)NCC(c1c(F)cccc1Cl)N1CCOC(C)C1. The van der Waals surface area contributed by atoms with Crippen molar-refractivity contribution in [2.45, 2.75) is 25.5 Å². The molecule has 0 spiro atoms. The van der Waals surface area contributed by atoms with E-state index in [0.717, 1.165) is 12.1 Å². The fourth-order valence-electron chi connectivity index (χ4n) is 3.64. The summed E-state index contributed by atoms with van der Waals surface area (Å²) in [6.07, 6.45) is 2.65. The lowest BCUT2D eigenvalue weighted by atomic mass is 10.0. The van der Waals surface area contributed by atoms with Crippen LogP contribution in [0.4, 0.5) is 4.39 Å². The number of rotatable bonds is 7. The van der Waals surface area contributed by atoms with E-state index < -0.39 is 0 Å². The van der Waals surface area contributed by atoms with Crippen LogP contribution in [0.3, 0.4) is 0 Å². The van der Waals surface area contributed by atoms with Gasteiger partial charge in [-0.25, -0.2) is 4.39 Å². The van der Waals surface area contributed by atoms with Gasteiger partial charge < -0.3 is 15.4 Å². The van der Waals surface area contributed by atoms with Crippen molar-refractivity contribution in [2.75, 3.05) is 39.8 Å². The Hall–Kier alpha value is -2.22. The maximum absolute atomic E-state index is 14.7. The number of aromatic nitrogens is 1. The molecule has 2 N–H and O–H groups in total.